The van der Waals surface area contributed by atoms with E-state index in [2.05, 4.69) is 0 Å². The standard InChI is InChI=1S/C13H16F3NOS/c1-3-17(9-13(14,15)16)12(18)8-19-11-7-5-4-6-10(11)2/h4-7H,3,8-9H2,1-2H3. The molecule has 0 bridgehead atoms. The molecule has 1 amide bonds. The zero-order valence-corrected chi connectivity index (χ0v) is 11.6. The van der Waals surface area contributed by atoms with Gasteiger partial charge in [0.25, 0.3) is 0 Å². The fourth-order valence-corrected chi connectivity index (χ4v) is 2.47. The lowest BCUT2D eigenvalue weighted by molar-refractivity contribution is -0.159. The van der Waals surface area contributed by atoms with Gasteiger partial charge in [-0.05, 0) is 25.5 Å². The van der Waals surface area contributed by atoms with Crippen molar-refractivity contribution in [2.45, 2.75) is 24.9 Å². The molecule has 1 rings (SSSR count). The maximum atomic E-state index is 12.3. The predicted octanol–water partition coefficient (Wildman–Crippen LogP) is 3.50. The molecule has 19 heavy (non-hydrogen) atoms. The molecule has 0 spiro atoms. The first kappa shape index (κ1) is 15.9. The molecule has 0 aliphatic carbocycles. The predicted molar refractivity (Wildman–Crippen MR) is 70.2 cm³/mol. The van der Waals surface area contributed by atoms with E-state index in [-0.39, 0.29) is 12.3 Å². The van der Waals surface area contributed by atoms with Crippen LogP contribution in [0.1, 0.15) is 12.5 Å². The van der Waals surface area contributed by atoms with Crippen molar-refractivity contribution < 1.29 is 18.0 Å². The van der Waals surface area contributed by atoms with Crippen LogP contribution in [0.2, 0.25) is 0 Å². The molecule has 1 aromatic rings. The fourth-order valence-electron chi connectivity index (χ4n) is 1.54. The van der Waals surface area contributed by atoms with Gasteiger partial charge in [0.2, 0.25) is 5.91 Å². The van der Waals surface area contributed by atoms with Crippen molar-refractivity contribution in [1.82, 2.24) is 4.90 Å². The van der Waals surface area contributed by atoms with Crippen LogP contribution in [-0.4, -0.2) is 35.8 Å². The molecule has 0 aromatic heterocycles. The maximum absolute atomic E-state index is 12.3. The van der Waals surface area contributed by atoms with Gasteiger partial charge in [-0.2, -0.15) is 13.2 Å². The summed E-state index contributed by atoms with van der Waals surface area (Å²) in [6.07, 6.45) is -4.35. The van der Waals surface area contributed by atoms with E-state index < -0.39 is 18.6 Å². The molecule has 0 N–H and O–H groups in total. The first-order chi connectivity index (χ1) is 8.83. The van der Waals surface area contributed by atoms with Crippen molar-refractivity contribution in [3.63, 3.8) is 0 Å². The minimum atomic E-state index is -4.35. The third kappa shape index (κ3) is 5.55. The van der Waals surface area contributed by atoms with Gasteiger partial charge in [0.05, 0.1) is 5.75 Å². The van der Waals surface area contributed by atoms with Gasteiger partial charge in [0.1, 0.15) is 6.54 Å². The van der Waals surface area contributed by atoms with Crippen LogP contribution in [0.5, 0.6) is 0 Å². The number of nitrogens with zero attached hydrogens (tertiary/aromatic N) is 1. The van der Waals surface area contributed by atoms with Crippen molar-refractivity contribution in [3.8, 4) is 0 Å². The van der Waals surface area contributed by atoms with Crippen LogP contribution in [-0.2, 0) is 4.79 Å². The summed E-state index contributed by atoms with van der Waals surface area (Å²) in [5.74, 6) is -0.470. The minimum Gasteiger partial charge on any atom is -0.333 e. The van der Waals surface area contributed by atoms with Crippen LogP contribution in [0.25, 0.3) is 0 Å². The molecule has 0 aliphatic heterocycles. The fraction of sp³-hybridized carbons (Fsp3) is 0.462. The van der Waals surface area contributed by atoms with E-state index in [4.69, 9.17) is 0 Å². The Morgan fingerprint density at radius 1 is 1.32 bits per heavy atom. The number of hydrogen-bond donors (Lipinski definition) is 0. The zero-order chi connectivity index (χ0) is 14.5. The van der Waals surface area contributed by atoms with Gasteiger partial charge in [-0.3, -0.25) is 4.79 Å². The van der Waals surface area contributed by atoms with E-state index in [1.807, 2.05) is 31.2 Å². The molecule has 0 radical (unpaired) electrons. The number of benzene rings is 1. The number of aryl methyl sites for hydroxylation is 1. The quantitative estimate of drug-likeness (QED) is 0.774. The molecular weight excluding hydrogens is 275 g/mol. The van der Waals surface area contributed by atoms with E-state index in [1.54, 1.807) is 6.92 Å². The molecule has 0 unspecified atom stereocenters. The lowest BCUT2D eigenvalue weighted by Gasteiger charge is -2.22. The van der Waals surface area contributed by atoms with Gasteiger partial charge < -0.3 is 4.90 Å². The third-order valence-electron chi connectivity index (χ3n) is 2.55. The van der Waals surface area contributed by atoms with Crippen molar-refractivity contribution in [3.05, 3.63) is 29.8 Å². The lowest BCUT2D eigenvalue weighted by atomic mass is 10.2. The summed E-state index contributed by atoms with van der Waals surface area (Å²) < 4.78 is 36.8. The Labute approximate surface area is 115 Å². The summed E-state index contributed by atoms with van der Waals surface area (Å²) in [4.78, 5) is 13.5. The molecule has 0 heterocycles. The molecule has 0 aliphatic rings. The molecule has 1 aromatic carbocycles. The highest BCUT2D eigenvalue weighted by molar-refractivity contribution is 8.00. The Morgan fingerprint density at radius 3 is 2.47 bits per heavy atom. The van der Waals surface area contributed by atoms with E-state index in [0.29, 0.717) is 0 Å². The van der Waals surface area contributed by atoms with Crippen LogP contribution in [0.4, 0.5) is 13.2 Å². The van der Waals surface area contributed by atoms with E-state index in [1.165, 1.54) is 11.8 Å². The van der Waals surface area contributed by atoms with Crippen molar-refractivity contribution in [2.75, 3.05) is 18.8 Å². The number of rotatable bonds is 5. The molecule has 0 saturated carbocycles. The highest BCUT2D eigenvalue weighted by atomic mass is 32.2. The van der Waals surface area contributed by atoms with Gasteiger partial charge in [-0.15, -0.1) is 11.8 Å². The molecule has 106 valence electrons. The number of hydrogen-bond acceptors (Lipinski definition) is 2. The van der Waals surface area contributed by atoms with Crippen LogP contribution >= 0.6 is 11.8 Å². The molecule has 6 heteroatoms. The van der Waals surface area contributed by atoms with Gasteiger partial charge in [-0.25, -0.2) is 0 Å². The van der Waals surface area contributed by atoms with Crippen LogP contribution in [0, 0.1) is 6.92 Å². The average molecular weight is 291 g/mol. The normalized spacial score (nSPS) is 11.4. The van der Waals surface area contributed by atoms with Gasteiger partial charge in [-0.1, -0.05) is 18.2 Å². The van der Waals surface area contributed by atoms with Crippen LogP contribution in [0.3, 0.4) is 0 Å². The highest BCUT2D eigenvalue weighted by Crippen LogP contribution is 2.23. The SMILES string of the molecule is CCN(CC(F)(F)F)C(=O)CSc1ccccc1C. The second kappa shape index (κ2) is 6.84. The maximum Gasteiger partial charge on any atom is 0.406 e. The number of thioether (sulfide) groups is 1. The topological polar surface area (TPSA) is 20.3 Å². The Kier molecular flexibility index (Phi) is 5.72. The summed E-state index contributed by atoms with van der Waals surface area (Å²) in [5.41, 5.74) is 1.01. The summed E-state index contributed by atoms with van der Waals surface area (Å²) >= 11 is 1.27. The van der Waals surface area contributed by atoms with Crippen molar-refractivity contribution >= 4 is 17.7 Å². The van der Waals surface area contributed by atoms with Gasteiger partial charge in [0.15, 0.2) is 0 Å². The summed E-state index contributed by atoms with van der Waals surface area (Å²) in [6, 6.07) is 7.48. The molecule has 0 fully saturated rings. The lowest BCUT2D eigenvalue weighted by Crippen LogP contribution is -2.39. The Balaban J connectivity index is 2.57. The second-order valence-electron chi connectivity index (χ2n) is 4.08. The van der Waals surface area contributed by atoms with Gasteiger partial charge >= 0.3 is 6.18 Å². The molecule has 0 atom stereocenters. The van der Waals surface area contributed by atoms with E-state index in [0.717, 1.165) is 15.4 Å². The smallest absolute Gasteiger partial charge is 0.333 e. The largest absolute Gasteiger partial charge is 0.406 e. The summed E-state index contributed by atoms with van der Waals surface area (Å²) in [6.45, 7) is 2.32. The first-order valence-electron chi connectivity index (χ1n) is 5.86. The van der Waals surface area contributed by atoms with E-state index >= 15 is 0 Å². The number of carbonyl (C=O) groups is 1. The first-order valence-corrected chi connectivity index (χ1v) is 6.85. The number of carbonyl (C=O) groups excluding carboxylic acids is 1. The number of alkyl halides is 3. The highest BCUT2D eigenvalue weighted by Gasteiger charge is 2.32. The average Bonchev–Trinajstić information content (AvgIpc) is 2.33. The molecule has 2 nitrogen and oxygen atoms in total. The zero-order valence-electron chi connectivity index (χ0n) is 10.8. The number of amides is 1. The Hall–Kier alpha value is -1.17. The molecule has 0 saturated heterocycles. The summed E-state index contributed by atoms with van der Waals surface area (Å²) in [5, 5.41) is 0. The van der Waals surface area contributed by atoms with Crippen LogP contribution < -0.4 is 0 Å². The minimum absolute atomic E-state index is 0.0226. The molecular formula is C13H16F3NOS. The van der Waals surface area contributed by atoms with Crippen LogP contribution in [0.15, 0.2) is 29.2 Å². The van der Waals surface area contributed by atoms with E-state index in [9.17, 15) is 18.0 Å². The number of halogens is 3. The third-order valence-corrected chi connectivity index (χ3v) is 3.71. The Bertz CT molecular complexity index is 434. The summed E-state index contributed by atoms with van der Waals surface area (Å²) in [7, 11) is 0. The van der Waals surface area contributed by atoms with Crippen molar-refractivity contribution in [2.24, 2.45) is 0 Å². The monoisotopic (exact) mass is 291 g/mol. The Morgan fingerprint density at radius 2 is 1.95 bits per heavy atom. The second-order valence-corrected chi connectivity index (χ2v) is 5.09. The van der Waals surface area contributed by atoms with Crippen molar-refractivity contribution in [1.29, 1.82) is 0 Å². The van der Waals surface area contributed by atoms with Gasteiger partial charge in [0, 0.05) is 11.4 Å².